The van der Waals surface area contributed by atoms with E-state index in [1.807, 2.05) is 12.1 Å². The number of rotatable bonds is 7. The first-order valence-electron chi connectivity index (χ1n) is 22.6. The lowest BCUT2D eigenvalue weighted by atomic mass is 9.94. The molecule has 1 aromatic heterocycles. The molecule has 0 aliphatic heterocycles. The summed E-state index contributed by atoms with van der Waals surface area (Å²) in [5.41, 5.74) is 14.4. The third-order valence-electron chi connectivity index (χ3n) is 13.4. The van der Waals surface area contributed by atoms with Crippen LogP contribution < -0.4 is 4.90 Å². The molecule has 0 fully saturated rings. The maximum Gasteiger partial charge on any atom is 0.136 e. The maximum atomic E-state index is 6.35. The third kappa shape index (κ3) is 6.42. The molecule has 13 aromatic rings. The molecule has 0 aliphatic carbocycles. The maximum absolute atomic E-state index is 6.35. The summed E-state index contributed by atoms with van der Waals surface area (Å²) in [5, 5.41) is 12.3. The van der Waals surface area contributed by atoms with Crippen LogP contribution in [0.5, 0.6) is 0 Å². The van der Waals surface area contributed by atoms with E-state index in [1.165, 1.54) is 59.8 Å². The summed E-state index contributed by atoms with van der Waals surface area (Å²) in [5.74, 6) is 0. The highest BCUT2D eigenvalue weighted by Gasteiger charge is 2.18. The first-order chi connectivity index (χ1) is 32.7. The van der Waals surface area contributed by atoms with Gasteiger partial charge in [0.05, 0.1) is 0 Å². The van der Waals surface area contributed by atoms with Crippen LogP contribution in [0.1, 0.15) is 0 Å². The number of hydrogen-bond donors (Lipinski definition) is 0. The molecule has 0 aliphatic rings. The summed E-state index contributed by atoms with van der Waals surface area (Å²) in [6.45, 7) is 0. The number of furan rings is 1. The van der Waals surface area contributed by atoms with E-state index in [2.05, 4.69) is 241 Å². The number of para-hydroxylation sites is 1. The quantitative estimate of drug-likeness (QED) is 0.149. The van der Waals surface area contributed by atoms with Crippen LogP contribution in [0.3, 0.4) is 0 Å². The van der Waals surface area contributed by atoms with Crippen molar-refractivity contribution in [3.63, 3.8) is 0 Å². The molecule has 0 spiro atoms. The summed E-state index contributed by atoms with van der Waals surface area (Å²) >= 11 is 0. The fourth-order valence-corrected chi connectivity index (χ4v) is 10.3. The molecule has 13 rings (SSSR count). The molecule has 2 nitrogen and oxygen atoms in total. The molecular weight excluding hydrogens is 799 g/mol. The predicted molar refractivity (Wildman–Crippen MR) is 280 cm³/mol. The molecule has 0 unspecified atom stereocenters. The van der Waals surface area contributed by atoms with E-state index in [9.17, 15) is 0 Å². The van der Waals surface area contributed by atoms with Crippen molar-refractivity contribution in [1.82, 2.24) is 0 Å². The van der Waals surface area contributed by atoms with Gasteiger partial charge in [0.15, 0.2) is 0 Å². The second-order valence-corrected chi connectivity index (χ2v) is 17.3. The van der Waals surface area contributed by atoms with Crippen molar-refractivity contribution < 1.29 is 4.42 Å². The van der Waals surface area contributed by atoms with Crippen molar-refractivity contribution in [1.29, 1.82) is 0 Å². The van der Waals surface area contributed by atoms with Gasteiger partial charge in [-0.25, -0.2) is 0 Å². The van der Waals surface area contributed by atoms with Gasteiger partial charge >= 0.3 is 0 Å². The summed E-state index contributed by atoms with van der Waals surface area (Å²) in [7, 11) is 0. The zero-order valence-corrected chi connectivity index (χ0v) is 36.0. The van der Waals surface area contributed by atoms with E-state index < -0.39 is 0 Å². The molecule has 66 heavy (non-hydrogen) atoms. The predicted octanol–water partition coefficient (Wildman–Crippen LogP) is 18.3. The van der Waals surface area contributed by atoms with Crippen LogP contribution in [0.2, 0.25) is 0 Å². The first-order valence-corrected chi connectivity index (χ1v) is 22.6. The van der Waals surface area contributed by atoms with Crippen molar-refractivity contribution in [2.45, 2.75) is 0 Å². The molecule has 0 saturated heterocycles. The number of anilines is 3. The van der Waals surface area contributed by atoms with Gasteiger partial charge in [0, 0.05) is 27.8 Å². The molecule has 0 atom stereocenters. The summed E-state index contributed by atoms with van der Waals surface area (Å²) in [6, 6.07) is 90.4. The fraction of sp³-hybridized carbons (Fsp3) is 0. The largest absolute Gasteiger partial charge is 0.456 e. The van der Waals surface area contributed by atoms with Crippen molar-refractivity contribution in [3.05, 3.63) is 249 Å². The van der Waals surface area contributed by atoms with E-state index in [1.54, 1.807) is 0 Å². The Kier molecular flexibility index (Phi) is 8.89. The highest BCUT2D eigenvalue weighted by molar-refractivity contribution is 6.14. The van der Waals surface area contributed by atoms with Crippen LogP contribution in [0, 0.1) is 0 Å². The molecule has 0 bridgehead atoms. The minimum Gasteiger partial charge on any atom is -0.456 e. The lowest BCUT2D eigenvalue weighted by molar-refractivity contribution is 0.669. The first kappa shape index (κ1) is 37.8. The van der Waals surface area contributed by atoms with E-state index in [0.29, 0.717) is 0 Å². The Labute approximate surface area is 382 Å². The summed E-state index contributed by atoms with van der Waals surface area (Å²) in [6.07, 6.45) is 0. The number of benzene rings is 12. The minimum absolute atomic E-state index is 0.888. The Balaban J connectivity index is 0.926. The topological polar surface area (TPSA) is 16.4 Å². The Hall–Kier alpha value is -8.72. The van der Waals surface area contributed by atoms with Gasteiger partial charge in [-0.1, -0.05) is 194 Å². The average Bonchev–Trinajstić information content (AvgIpc) is 3.78. The van der Waals surface area contributed by atoms with Gasteiger partial charge in [0.25, 0.3) is 0 Å². The molecular formula is C64H41NO. The molecule has 308 valence electrons. The van der Waals surface area contributed by atoms with Crippen molar-refractivity contribution in [2.24, 2.45) is 0 Å². The normalized spacial score (nSPS) is 11.6. The number of fused-ring (bicyclic) bond motifs is 9. The Morgan fingerprint density at radius 2 is 0.697 bits per heavy atom. The Morgan fingerprint density at radius 1 is 0.242 bits per heavy atom. The standard InChI is InChI=1S/C64H41NO/c1-3-20-54-44(12-1)32-33-50-38-47(35-36-57(50)54)43-30-28-42(29-31-43)46-14-7-17-51(39-46)65(53-19-9-16-49(41-53)58-24-11-27-63-64(58)61-22-5-6-26-62(61)66-63)52-18-8-15-48(40-52)56-23-10-25-59-55-21-4-2-13-45(55)34-37-60(56)59/h1-41H. The van der Waals surface area contributed by atoms with Crippen LogP contribution in [0.4, 0.5) is 17.1 Å². The fourth-order valence-electron chi connectivity index (χ4n) is 10.3. The van der Waals surface area contributed by atoms with Gasteiger partial charge < -0.3 is 9.32 Å². The van der Waals surface area contributed by atoms with Crippen molar-refractivity contribution in [2.75, 3.05) is 4.90 Å². The van der Waals surface area contributed by atoms with Gasteiger partial charge in [-0.05, 0) is 142 Å². The van der Waals surface area contributed by atoms with E-state index in [4.69, 9.17) is 4.42 Å². The van der Waals surface area contributed by atoms with E-state index >= 15 is 0 Å². The monoisotopic (exact) mass is 839 g/mol. The van der Waals surface area contributed by atoms with E-state index in [-0.39, 0.29) is 0 Å². The lowest BCUT2D eigenvalue weighted by Gasteiger charge is -2.27. The summed E-state index contributed by atoms with van der Waals surface area (Å²) in [4.78, 5) is 2.40. The van der Waals surface area contributed by atoms with Gasteiger partial charge in [-0.3, -0.25) is 0 Å². The minimum atomic E-state index is 0.888. The highest BCUT2D eigenvalue weighted by Crippen LogP contribution is 2.43. The Bertz CT molecular complexity index is 4010. The van der Waals surface area contributed by atoms with Crippen molar-refractivity contribution >= 4 is 82.1 Å². The molecule has 2 heteroatoms. The van der Waals surface area contributed by atoms with Crippen LogP contribution in [0.25, 0.3) is 110 Å². The molecule has 1 heterocycles. The smallest absolute Gasteiger partial charge is 0.136 e. The zero-order chi connectivity index (χ0) is 43.6. The zero-order valence-electron chi connectivity index (χ0n) is 36.0. The van der Waals surface area contributed by atoms with Gasteiger partial charge in [-0.2, -0.15) is 0 Å². The van der Waals surface area contributed by atoms with Crippen LogP contribution in [0.15, 0.2) is 253 Å². The van der Waals surface area contributed by atoms with Crippen LogP contribution >= 0.6 is 0 Å². The molecule has 12 aromatic carbocycles. The number of hydrogen-bond acceptors (Lipinski definition) is 2. The Morgan fingerprint density at radius 3 is 1.42 bits per heavy atom. The second-order valence-electron chi connectivity index (χ2n) is 17.3. The highest BCUT2D eigenvalue weighted by atomic mass is 16.3. The lowest BCUT2D eigenvalue weighted by Crippen LogP contribution is -2.10. The van der Waals surface area contributed by atoms with Crippen molar-refractivity contribution in [3.8, 4) is 44.5 Å². The molecule has 0 saturated carbocycles. The number of nitrogens with zero attached hydrogens (tertiary/aromatic N) is 1. The van der Waals surface area contributed by atoms with Crippen LogP contribution in [-0.4, -0.2) is 0 Å². The average molecular weight is 840 g/mol. The van der Waals surface area contributed by atoms with Gasteiger partial charge in [-0.15, -0.1) is 0 Å². The van der Waals surface area contributed by atoms with Gasteiger partial charge in [0.1, 0.15) is 11.2 Å². The van der Waals surface area contributed by atoms with E-state index in [0.717, 1.165) is 66.8 Å². The molecule has 0 N–H and O–H groups in total. The second kappa shape index (κ2) is 15.5. The SMILES string of the molecule is c1cc(-c2ccc(-c3ccc4c(ccc5ccccc54)c3)cc2)cc(N(c2cccc(-c3cccc4c3ccc3ccccc34)c2)c2cccc(-c3cccc4oc5ccccc5c34)c2)c1. The summed E-state index contributed by atoms with van der Waals surface area (Å²) < 4.78 is 6.35. The molecule has 0 amide bonds. The van der Waals surface area contributed by atoms with Gasteiger partial charge in [0.2, 0.25) is 0 Å². The third-order valence-corrected chi connectivity index (χ3v) is 13.4. The van der Waals surface area contributed by atoms with Crippen LogP contribution in [-0.2, 0) is 0 Å². The molecule has 0 radical (unpaired) electrons.